The van der Waals surface area contributed by atoms with E-state index in [4.69, 9.17) is 9.47 Å². The minimum absolute atomic E-state index is 0.391. The Bertz CT molecular complexity index is 723. The largest absolute Gasteiger partial charge is 0.483 e. The lowest BCUT2D eigenvalue weighted by Crippen LogP contribution is -2.51. The molecule has 6 heteroatoms. The van der Waals surface area contributed by atoms with E-state index >= 15 is 0 Å². The fourth-order valence-corrected chi connectivity index (χ4v) is 2.27. The van der Waals surface area contributed by atoms with Crippen LogP contribution in [0.2, 0.25) is 0 Å². The Kier molecular flexibility index (Phi) is 5.37. The monoisotopic (exact) mass is 330 g/mol. The molecule has 0 aliphatic carbocycles. The molecule has 2 rings (SSSR count). The number of aliphatic hydroxyl groups is 1. The lowest BCUT2D eigenvalue weighted by atomic mass is 9.81. The van der Waals surface area contributed by atoms with Crippen molar-refractivity contribution in [1.29, 1.82) is 0 Å². The zero-order valence-electron chi connectivity index (χ0n) is 13.8. The van der Waals surface area contributed by atoms with Gasteiger partial charge in [0.05, 0.1) is 0 Å². The van der Waals surface area contributed by atoms with Crippen LogP contribution in [0.5, 0.6) is 11.5 Å². The first-order valence-electron chi connectivity index (χ1n) is 7.32. The van der Waals surface area contributed by atoms with Crippen LogP contribution in [0.4, 0.5) is 4.39 Å². The zero-order chi connectivity index (χ0) is 17.6. The fourth-order valence-electron chi connectivity index (χ4n) is 2.27. The van der Waals surface area contributed by atoms with Crippen molar-refractivity contribution in [1.82, 2.24) is 9.97 Å². The molecule has 0 saturated heterocycles. The highest BCUT2D eigenvalue weighted by Crippen LogP contribution is 2.36. The minimum atomic E-state index is -1.61. The van der Waals surface area contributed by atoms with Gasteiger partial charge in [0.2, 0.25) is 6.86 Å². The maximum absolute atomic E-state index is 12.2. The predicted molar refractivity (Wildman–Crippen MR) is 87.1 cm³/mol. The number of benzene rings is 1. The molecule has 24 heavy (non-hydrogen) atoms. The first-order valence-corrected chi connectivity index (χ1v) is 7.32. The normalized spacial score (nSPS) is 13.4. The van der Waals surface area contributed by atoms with E-state index in [1.54, 1.807) is 45.0 Å². The van der Waals surface area contributed by atoms with Crippen LogP contribution >= 0.6 is 0 Å². The first-order chi connectivity index (χ1) is 11.4. The van der Waals surface area contributed by atoms with E-state index in [1.807, 2.05) is 0 Å². The van der Waals surface area contributed by atoms with Gasteiger partial charge in [-0.2, -0.15) is 0 Å². The molecular weight excluding hydrogens is 311 g/mol. The molecule has 1 atom stereocenters. The number of aromatic nitrogens is 2. The van der Waals surface area contributed by atoms with Crippen LogP contribution in [-0.2, 0) is 5.60 Å². The summed E-state index contributed by atoms with van der Waals surface area (Å²) >= 11 is 0. The van der Waals surface area contributed by atoms with Gasteiger partial charge < -0.3 is 14.6 Å². The summed E-state index contributed by atoms with van der Waals surface area (Å²) < 4.78 is 22.9. The topological polar surface area (TPSA) is 64.5 Å². The van der Waals surface area contributed by atoms with Gasteiger partial charge in [0.15, 0.2) is 5.60 Å². The number of rotatable bonds is 6. The molecule has 5 nitrogen and oxygen atoms in total. The SMILES string of the molecule is CC#CC(O)(c1cncnc1)C(C)(C)Oc1ccc(OCF)cc1. The molecule has 0 fully saturated rings. The van der Waals surface area contributed by atoms with Gasteiger partial charge in [-0.1, -0.05) is 5.92 Å². The van der Waals surface area contributed by atoms with Crippen molar-refractivity contribution >= 4 is 0 Å². The Morgan fingerprint density at radius 3 is 2.25 bits per heavy atom. The summed E-state index contributed by atoms with van der Waals surface area (Å²) in [4.78, 5) is 7.88. The molecule has 126 valence electrons. The van der Waals surface area contributed by atoms with E-state index in [0.717, 1.165) is 0 Å². The van der Waals surface area contributed by atoms with Crippen LogP contribution in [-0.4, -0.2) is 27.5 Å². The standard InChI is InChI=1S/C18H19FN2O3/c1-4-9-18(22,14-10-20-13-21-11-14)17(2,3)24-16-7-5-15(6-8-16)23-12-19/h5-8,10-11,13,22H,12H2,1-3H3. The number of alkyl halides is 1. The molecule has 1 aromatic carbocycles. The van der Waals surface area contributed by atoms with Crippen LogP contribution in [0.3, 0.4) is 0 Å². The quantitative estimate of drug-likeness (QED) is 0.825. The Hall–Kier alpha value is -2.65. The smallest absolute Gasteiger partial charge is 0.228 e. The van der Waals surface area contributed by atoms with Gasteiger partial charge in [-0.25, -0.2) is 14.4 Å². The summed E-state index contributed by atoms with van der Waals surface area (Å²) in [5, 5.41) is 11.2. The third-order valence-corrected chi connectivity index (χ3v) is 3.57. The third kappa shape index (κ3) is 3.63. The molecule has 2 aromatic rings. The van der Waals surface area contributed by atoms with Gasteiger partial charge in [0.1, 0.15) is 23.4 Å². The molecule has 0 aliphatic heterocycles. The molecule has 0 aliphatic rings. The highest BCUT2D eigenvalue weighted by atomic mass is 19.1. The Balaban J connectivity index is 2.32. The maximum Gasteiger partial charge on any atom is 0.228 e. The molecule has 0 amide bonds. The molecule has 0 spiro atoms. The lowest BCUT2D eigenvalue weighted by molar-refractivity contribution is -0.0814. The number of hydrogen-bond donors (Lipinski definition) is 1. The van der Waals surface area contributed by atoms with Crippen LogP contribution in [0.25, 0.3) is 0 Å². The molecule has 1 heterocycles. The highest BCUT2D eigenvalue weighted by molar-refractivity contribution is 5.36. The molecule has 0 bridgehead atoms. The molecule has 0 saturated carbocycles. The van der Waals surface area contributed by atoms with E-state index in [0.29, 0.717) is 17.1 Å². The molecule has 1 unspecified atom stereocenters. The van der Waals surface area contributed by atoms with E-state index in [2.05, 4.69) is 21.8 Å². The van der Waals surface area contributed by atoms with Crippen molar-refractivity contribution in [2.24, 2.45) is 0 Å². The summed E-state index contributed by atoms with van der Waals surface area (Å²) in [6.45, 7) is 4.17. The van der Waals surface area contributed by atoms with Gasteiger partial charge in [-0.3, -0.25) is 0 Å². The fraction of sp³-hybridized carbons (Fsp3) is 0.333. The van der Waals surface area contributed by atoms with Gasteiger partial charge >= 0.3 is 0 Å². The van der Waals surface area contributed by atoms with Gasteiger partial charge in [0, 0.05) is 18.0 Å². The van der Waals surface area contributed by atoms with Gasteiger partial charge in [-0.15, -0.1) is 5.92 Å². The van der Waals surface area contributed by atoms with Crippen molar-refractivity contribution < 1.29 is 19.0 Å². The molecular formula is C18H19FN2O3. The number of hydrogen-bond acceptors (Lipinski definition) is 5. The summed E-state index contributed by atoms with van der Waals surface area (Å²) in [7, 11) is 0. The number of ether oxygens (including phenoxy) is 2. The molecule has 1 aromatic heterocycles. The third-order valence-electron chi connectivity index (χ3n) is 3.57. The molecule has 0 radical (unpaired) electrons. The van der Waals surface area contributed by atoms with Crippen molar-refractivity contribution in [3.8, 4) is 23.3 Å². The Labute approximate surface area is 140 Å². The number of nitrogens with zero attached hydrogens (tertiary/aromatic N) is 2. The van der Waals surface area contributed by atoms with Crippen molar-refractivity contribution in [2.75, 3.05) is 6.86 Å². The second-order valence-corrected chi connectivity index (χ2v) is 5.55. The molecule has 1 N–H and O–H groups in total. The van der Waals surface area contributed by atoms with E-state index in [1.165, 1.54) is 18.7 Å². The van der Waals surface area contributed by atoms with Crippen molar-refractivity contribution in [3.63, 3.8) is 0 Å². The highest BCUT2D eigenvalue weighted by Gasteiger charge is 2.46. The summed E-state index contributed by atoms with van der Waals surface area (Å²) in [6, 6.07) is 6.43. The number of halogens is 1. The van der Waals surface area contributed by atoms with Crippen LogP contribution in [0.1, 0.15) is 26.3 Å². The second kappa shape index (κ2) is 7.28. The minimum Gasteiger partial charge on any atom is -0.483 e. The van der Waals surface area contributed by atoms with Crippen LogP contribution < -0.4 is 9.47 Å². The van der Waals surface area contributed by atoms with Gasteiger partial charge in [-0.05, 0) is 45.0 Å². The Morgan fingerprint density at radius 1 is 1.12 bits per heavy atom. The van der Waals surface area contributed by atoms with E-state index < -0.39 is 18.1 Å². The Morgan fingerprint density at radius 2 is 1.71 bits per heavy atom. The van der Waals surface area contributed by atoms with E-state index in [-0.39, 0.29) is 0 Å². The van der Waals surface area contributed by atoms with Crippen LogP contribution in [0.15, 0.2) is 43.0 Å². The van der Waals surface area contributed by atoms with Crippen LogP contribution in [0, 0.1) is 11.8 Å². The average Bonchev–Trinajstić information content (AvgIpc) is 2.57. The lowest BCUT2D eigenvalue weighted by Gasteiger charge is -2.39. The zero-order valence-corrected chi connectivity index (χ0v) is 13.8. The first kappa shape index (κ1) is 17.7. The van der Waals surface area contributed by atoms with Gasteiger partial charge in [0.25, 0.3) is 0 Å². The average molecular weight is 330 g/mol. The second-order valence-electron chi connectivity index (χ2n) is 5.55. The predicted octanol–water partition coefficient (Wildman–Crippen LogP) is 2.85. The summed E-state index contributed by atoms with van der Waals surface area (Å²) in [6.07, 6.45) is 4.38. The van der Waals surface area contributed by atoms with E-state index in [9.17, 15) is 9.50 Å². The summed E-state index contributed by atoms with van der Waals surface area (Å²) in [5.41, 5.74) is -2.29. The summed E-state index contributed by atoms with van der Waals surface area (Å²) in [5.74, 6) is 6.40. The van der Waals surface area contributed by atoms with Crippen molar-refractivity contribution in [3.05, 3.63) is 48.5 Å². The van der Waals surface area contributed by atoms with Crippen molar-refractivity contribution in [2.45, 2.75) is 32.0 Å². The maximum atomic E-state index is 12.2.